The molecule has 7 heteroatoms. The smallest absolute Gasteiger partial charge is 0.233 e. The molecule has 2 fully saturated rings. The number of rotatable bonds is 6. The highest BCUT2D eigenvalue weighted by Crippen LogP contribution is 2.42. The second-order valence-electron chi connectivity index (χ2n) is 8.02. The molecular formula is C21H27FN4OS. The van der Waals surface area contributed by atoms with Crippen LogP contribution < -0.4 is 5.32 Å². The van der Waals surface area contributed by atoms with E-state index in [2.05, 4.69) is 22.4 Å². The number of halogens is 1. The van der Waals surface area contributed by atoms with Gasteiger partial charge in [-0.3, -0.25) is 9.36 Å². The number of thioether (sulfide) groups is 1. The van der Waals surface area contributed by atoms with Crippen LogP contribution in [0.25, 0.3) is 11.4 Å². The van der Waals surface area contributed by atoms with Gasteiger partial charge in [0.2, 0.25) is 5.91 Å². The lowest BCUT2D eigenvalue weighted by Crippen LogP contribution is -2.44. The molecule has 1 aromatic heterocycles. The van der Waals surface area contributed by atoms with Gasteiger partial charge < -0.3 is 5.32 Å². The molecule has 2 aromatic rings. The lowest BCUT2D eigenvalue weighted by Gasteiger charge is -2.30. The van der Waals surface area contributed by atoms with E-state index >= 15 is 0 Å². The molecule has 0 unspecified atom stereocenters. The first-order valence-corrected chi connectivity index (χ1v) is 11.1. The lowest BCUT2D eigenvalue weighted by atomic mass is 9.86. The molecular weight excluding hydrogens is 375 g/mol. The van der Waals surface area contributed by atoms with Crippen LogP contribution in [0.4, 0.5) is 4.39 Å². The molecule has 1 amide bonds. The van der Waals surface area contributed by atoms with Gasteiger partial charge in [-0.2, -0.15) is 0 Å². The van der Waals surface area contributed by atoms with Gasteiger partial charge >= 0.3 is 0 Å². The monoisotopic (exact) mass is 402 g/mol. The van der Waals surface area contributed by atoms with Crippen LogP contribution in [0.15, 0.2) is 29.4 Å². The van der Waals surface area contributed by atoms with Crippen LogP contribution in [0, 0.1) is 11.7 Å². The van der Waals surface area contributed by atoms with Gasteiger partial charge in [0, 0.05) is 12.1 Å². The summed E-state index contributed by atoms with van der Waals surface area (Å²) in [5, 5.41) is 12.2. The van der Waals surface area contributed by atoms with E-state index in [0.717, 1.165) is 19.3 Å². The molecule has 0 radical (unpaired) electrons. The van der Waals surface area contributed by atoms with Crippen molar-refractivity contribution in [1.29, 1.82) is 0 Å². The van der Waals surface area contributed by atoms with E-state index in [9.17, 15) is 9.18 Å². The van der Waals surface area contributed by atoms with Crippen LogP contribution >= 0.6 is 11.8 Å². The fourth-order valence-electron chi connectivity index (χ4n) is 3.89. The number of carbonyl (C=O) groups is 1. The minimum absolute atomic E-state index is 0.0431. The standard InChI is InChI=1S/C21H27FN4OS/c1-13-7-3-6-10-18(13)23-20(27)14(2)28-21-25-24-19(26(21)15-11-12-15)16-8-4-5-9-17(16)22/h4-5,8-9,13-15,18H,3,6-7,10-12H2,1-2H3,(H,23,27)/t13-,14-,18-/m1/s1. The molecule has 0 aliphatic heterocycles. The van der Waals surface area contributed by atoms with Crippen molar-refractivity contribution in [1.82, 2.24) is 20.1 Å². The predicted octanol–water partition coefficient (Wildman–Crippen LogP) is 4.59. The van der Waals surface area contributed by atoms with E-state index < -0.39 is 0 Å². The number of hydrogen-bond acceptors (Lipinski definition) is 4. The highest BCUT2D eigenvalue weighted by molar-refractivity contribution is 8.00. The first kappa shape index (κ1) is 19.4. The van der Waals surface area contributed by atoms with Crippen LogP contribution in [-0.2, 0) is 4.79 Å². The first-order chi connectivity index (χ1) is 13.5. The van der Waals surface area contributed by atoms with E-state index in [4.69, 9.17) is 0 Å². The average Bonchev–Trinajstić information content (AvgIpc) is 3.44. The van der Waals surface area contributed by atoms with Crippen molar-refractivity contribution >= 4 is 17.7 Å². The third-order valence-corrected chi connectivity index (χ3v) is 6.84. The Kier molecular flexibility index (Phi) is 5.71. The number of nitrogens with one attached hydrogen (secondary N) is 1. The Morgan fingerprint density at radius 3 is 2.68 bits per heavy atom. The van der Waals surface area contributed by atoms with Gasteiger partial charge in [-0.1, -0.05) is 43.7 Å². The summed E-state index contributed by atoms with van der Waals surface area (Å²) in [4.78, 5) is 12.7. The summed E-state index contributed by atoms with van der Waals surface area (Å²) in [6.45, 7) is 4.12. The molecule has 1 heterocycles. The van der Waals surface area contributed by atoms with E-state index in [-0.39, 0.29) is 23.0 Å². The summed E-state index contributed by atoms with van der Waals surface area (Å²) in [6.07, 6.45) is 6.73. The molecule has 4 rings (SSSR count). The van der Waals surface area contributed by atoms with E-state index in [0.29, 0.717) is 28.5 Å². The van der Waals surface area contributed by atoms with Crippen LogP contribution in [0.5, 0.6) is 0 Å². The number of hydrogen-bond donors (Lipinski definition) is 1. The van der Waals surface area contributed by atoms with Crippen molar-refractivity contribution in [2.45, 2.75) is 74.9 Å². The molecule has 2 aliphatic carbocycles. The second-order valence-corrected chi connectivity index (χ2v) is 9.33. The molecule has 0 saturated heterocycles. The Morgan fingerprint density at radius 2 is 1.96 bits per heavy atom. The van der Waals surface area contributed by atoms with Gasteiger partial charge in [0.05, 0.1) is 10.8 Å². The summed E-state index contributed by atoms with van der Waals surface area (Å²) in [5.74, 6) is 0.821. The van der Waals surface area contributed by atoms with E-state index in [1.165, 1.54) is 37.1 Å². The quantitative estimate of drug-likeness (QED) is 0.718. The number of benzene rings is 1. The first-order valence-electron chi connectivity index (χ1n) is 10.2. The second kappa shape index (κ2) is 8.23. The van der Waals surface area contributed by atoms with Crippen molar-refractivity contribution in [3.8, 4) is 11.4 Å². The zero-order valence-electron chi connectivity index (χ0n) is 16.4. The van der Waals surface area contributed by atoms with Crippen molar-refractivity contribution in [2.75, 3.05) is 0 Å². The molecule has 3 atom stereocenters. The Bertz CT molecular complexity index is 851. The number of carbonyl (C=O) groups excluding carboxylic acids is 1. The SMILES string of the molecule is C[C@@H]1CCCC[C@H]1NC(=O)[C@@H](C)Sc1nnc(-c2ccccc2F)n1C1CC1. The largest absolute Gasteiger partial charge is 0.352 e. The highest BCUT2D eigenvalue weighted by Gasteiger charge is 2.33. The van der Waals surface area contributed by atoms with E-state index in [1.807, 2.05) is 11.5 Å². The fourth-order valence-corrected chi connectivity index (χ4v) is 4.82. The summed E-state index contributed by atoms with van der Waals surface area (Å²) in [5.41, 5.74) is 0.460. The maximum atomic E-state index is 14.3. The Morgan fingerprint density at radius 1 is 1.21 bits per heavy atom. The third kappa shape index (κ3) is 4.09. The molecule has 2 saturated carbocycles. The van der Waals surface area contributed by atoms with Gasteiger partial charge in [-0.25, -0.2) is 4.39 Å². The van der Waals surface area contributed by atoms with Crippen LogP contribution in [0.1, 0.15) is 58.4 Å². The Balaban J connectivity index is 1.50. The molecule has 1 aromatic carbocycles. The molecule has 28 heavy (non-hydrogen) atoms. The van der Waals surface area contributed by atoms with Crippen LogP contribution in [-0.4, -0.2) is 32.0 Å². The number of aromatic nitrogens is 3. The van der Waals surface area contributed by atoms with Crippen LogP contribution in [0.3, 0.4) is 0 Å². The normalized spacial score (nSPS) is 23.4. The molecule has 5 nitrogen and oxygen atoms in total. The molecule has 2 aliphatic rings. The average molecular weight is 403 g/mol. The summed E-state index contributed by atoms with van der Waals surface area (Å²) in [7, 11) is 0. The summed E-state index contributed by atoms with van der Waals surface area (Å²) < 4.78 is 16.3. The van der Waals surface area contributed by atoms with Crippen molar-refractivity contribution in [2.24, 2.45) is 5.92 Å². The maximum absolute atomic E-state index is 14.3. The topological polar surface area (TPSA) is 59.8 Å². The minimum atomic E-state index is -0.301. The fraction of sp³-hybridized carbons (Fsp3) is 0.571. The molecule has 150 valence electrons. The molecule has 0 spiro atoms. The summed E-state index contributed by atoms with van der Waals surface area (Å²) in [6, 6.07) is 7.20. The van der Waals surface area contributed by atoms with Gasteiger partial charge in [-0.05, 0) is 50.7 Å². The Hall–Kier alpha value is -1.89. The van der Waals surface area contributed by atoms with Crippen molar-refractivity contribution in [3.63, 3.8) is 0 Å². The van der Waals surface area contributed by atoms with Gasteiger partial charge in [0.15, 0.2) is 11.0 Å². The van der Waals surface area contributed by atoms with Crippen LogP contribution in [0.2, 0.25) is 0 Å². The maximum Gasteiger partial charge on any atom is 0.233 e. The zero-order chi connectivity index (χ0) is 19.7. The van der Waals surface area contributed by atoms with Crippen molar-refractivity contribution < 1.29 is 9.18 Å². The minimum Gasteiger partial charge on any atom is -0.352 e. The van der Waals surface area contributed by atoms with Crippen molar-refractivity contribution in [3.05, 3.63) is 30.1 Å². The molecule has 1 N–H and O–H groups in total. The van der Waals surface area contributed by atoms with Gasteiger partial charge in [-0.15, -0.1) is 10.2 Å². The van der Waals surface area contributed by atoms with E-state index in [1.54, 1.807) is 18.2 Å². The highest BCUT2D eigenvalue weighted by atomic mass is 32.2. The summed E-state index contributed by atoms with van der Waals surface area (Å²) >= 11 is 1.41. The Labute approximate surface area is 169 Å². The lowest BCUT2D eigenvalue weighted by molar-refractivity contribution is -0.121. The zero-order valence-corrected chi connectivity index (χ0v) is 17.2. The number of nitrogens with zero attached hydrogens (tertiary/aromatic N) is 3. The molecule has 0 bridgehead atoms. The van der Waals surface area contributed by atoms with Gasteiger partial charge in [0.25, 0.3) is 0 Å². The number of amides is 1. The van der Waals surface area contributed by atoms with Gasteiger partial charge in [0.1, 0.15) is 5.82 Å². The predicted molar refractivity (Wildman–Crippen MR) is 109 cm³/mol. The third-order valence-electron chi connectivity index (χ3n) is 5.78.